The zero-order valence-corrected chi connectivity index (χ0v) is 21.5. The first-order valence-corrected chi connectivity index (χ1v) is 13.1. The van der Waals surface area contributed by atoms with Crippen LogP contribution in [0.1, 0.15) is 29.9 Å². The van der Waals surface area contributed by atoms with E-state index in [0.29, 0.717) is 22.7 Å². The highest BCUT2D eigenvalue weighted by atomic mass is 35.5. The van der Waals surface area contributed by atoms with E-state index in [2.05, 4.69) is 42.4 Å². The number of nitrogens with one attached hydrogen (secondary N) is 1. The minimum absolute atomic E-state index is 0.0410. The molecular formula is C26H27ClN4O4S. The van der Waals surface area contributed by atoms with Gasteiger partial charge in [0, 0.05) is 55.2 Å². The van der Waals surface area contributed by atoms with Crippen molar-refractivity contribution in [3.05, 3.63) is 52.5 Å². The molecule has 3 aromatic rings. The van der Waals surface area contributed by atoms with Crippen molar-refractivity contribution >= 4 is 62.4 Å². The fraction of sp³-hybridized carbons (Fsp3) is 0.385. The van der Waals surface area contributed by atoms with E-state index in [4.69, 9.17) is 11.6 Å². The predicted molar refractivity (Wildman–Crippen MR) is 141 cm³/mol. The van der Waals surface area contributed by atoms with Gasteiger partial charge in [0.05, 0.1) is 18.2 Å². The second-order valence-corrected chi connectivity index (χ2v) is 10.3. The van der Waals surface area contributed by atoms with Crippen molar-refractivity contribution < 1.29 is 19.1 Å². The average Bonchev–Trinajstić information content (AvgIpc) is 3.46. The Morgan fingerprint density at radius 1 is 1.17 bits per heavy atom. The number of ether oxygens (including phenoxy) is 1. The van der Waals surface area contributed by atoms with Gasteiger partial charge in [-0.2, -0.15) is 4.37 Å². The molecule has 1 unspecified atom stereocenters. The summed E-state index contributed by atoms with van der Waals surface area (Å²) in [4.78, 5) is 41.4. The number of fused-ring (bicyclic) bond motifs is 2. The van der Waals surface area contributed by atoms with Gasteiger partial charge in [-0.1, -0.05) is 29.8 Å². The lowest BCUT2D eigenvalue weighted by molar-refractivity contribution is -0.142. The molecule has 36 heavy (non-hydrogen) atoms. The molecule has 1 N–H and O–H groups in total. The first-order chi connectivity index (χ1) is 17.4. The summed E-state index contributed by atoms with van der Waals surface area (Å²) < 4.78 is 10.5. The number of aromatic nitrogens is 1. The van der Waals surface area contributed by atoms with Gasteiger partial charge >= 0.3 is 5.97 Å². The molecule has 2 aliphatic heterocycles. The third kappa shape index (κ3) is 4.96. The number of hydrogen-bond acceptors (Lipinski definition) is 8. The molecule has 3 heterocycles. The molecule has 8 nitrogen and oxygen atoms in total. The van der Waals surface area contributed by atoms with E-state index in [9.17, 15) is 14.4 Å². The SMILES string of the molecule is COC(=O)CCC(=O)C1C(=O)Nc2cc(Cl)c(CCN3CCN(c4nsc5ccccc45)CC3)cc21. The average molecular weight is 527 g/mol. The van der Waals surface area contributed by atoms with Crippen LogP contribution in [0.25, 0.3) is 10.1 Å². The minimum Gasteiger partial charge on any atom is -0.469 e. The Balaban J connectivity index is 1.21. The molecule has 1 atom stereocenters. The Hall–Kier alpha value is -3.01. The van der Waals surface area contributed by atoms with Crippen LogP contribution in [0.4, 0.5) is 11.5 Å². The molecule has 0 bridgehead atoms. The largest absolute Gasteiger partial charge is 0.469 e. The maximum atomic E-state index is 12.7. The maximum absolute atomic E-state index is 12.7. The summed E-state index contributed by atoms with van der Waals surface area (Å²) in [6.07, 6.45) is 0.626. The fourth-order valence-corrected chi connectivity index (χ4v) is 5.93. The van der Waals surface area contributed by atoms with E-state index >= 15 is 0 Å². The van der Waals surface area contributed by atoms with E-state index in [1.807, 2.05) is 12.1 Å². The van der Waals surface area contributed by atoms with Gasteiger partial charge in [0.2, 0.25) is 5.91 Å². The molecule has 0 saturated carbocycles. The van der Waals surface area contributed by atoms with Gasteiger partial charge < -0.3 is 15.0 Å². The molecule has 10 heteroatoms. The van der Waals surface area contributed by atoms with Crippen LogP contribution < -0.4 is 10.2 Å². The van der Waals surface area contributed by atoms with Crippen molar-refractivity contribution in [1.82, 2.24) is 9.27 Å². The summed E-state index contributed by atoms with van der Waals surface area (Å²) in [5.74, 6) is -0.995. The van der Waals surface area contributed by atoms with E-state index < -0.39 is 11.9 Å². The minimum atomic E-state index is -0.919. The number of ketones is 1. The number of hydrogen-bond donors (Lipinski definition) is 1. The van der Waals surface area contributed by atoms with Crippen molar-refractivity contribution in [2.45, 2.75) is 25.2 Å². The van der Waals surface area contributed by atoms with Crippen molar-refractivity contribution in [1.29, 1.82) is 0 Å². The Morgan fingerprint density at radius 3 is 2.72 bits per heavy atom. The van der Waals surface area contributed by atoms with Gasteiger partial charge in [0.15, 0.2) is 0 Å². The highest BCUT2D eigenvalue weighted by Gasteiger charge is 2.37. The summed E-state index contributed by atoms with van der Waals surface area (Å²) in [6.45, 7) is 4.47. The number of rotatable bonds is 8. The topological polar surface area (TPSA) is 91.8 Å². The molecule has 0 radical (unpaired) electrons. The third-order valence-corrected chi connectivity index (χ3v) is 8.07. The molecule has 5 rings (SSSR count). The van der Waals surface area contributed by atoms with Gasteiger partial charge in [-0.05, 0) is 47.3 Å². The summed E-state index contributed by atoms with van der Waals surface area (Å²) >= 11 is 8.08. The highest BCUT2D eigenvalue weighted by molar-refractivity contribution is 7.13. The number of carbonyl (C=O) groups excluding carboxylic acids is 3. The lowest BCUT2D eigenvalue weighted by Crippen LogP contribution is -2.47. The number of anilines is 2. The number of esters is 1. The highest BCUT2D eigenvalue weighted by Crippen LogP contribution is 2.38. The van der Waals surface area contributed by atoms with Gasteiger partial charge in [-0.3, -0.25) is 19.3 Å². The van der Waals surface area contributed by atoms with Crippen molar-refractivity contribution in [2.75, 3.05) is 50.1 Å². The zero-order chi connectivity index (χ0) is 25.2. The van der Waals surface area contributed by atoms with E-state index in [0.717, 1.165) is 44.1 Å². The molecule has 188 valence electrons. The fourth-order valence-electron chi connectivity index (χ4n) is 4.88. The number of Topliss-reactive ketones (excluding diaryl/α,β-unsaturated/α-hetero) is 1. The number of benzene rings is 2. The number of nitrogens with zero attached hydrogens (tertiary/aromatic N) is 3. The van der Waals surface area contributed by atoms with Crippen molar-refractivity contribution in [3.8, 4) is 0 Å². The van der Waals surface area contributed by atoms with Crippen LogP contribution in [-0.2, 0) is 25.5 Å². The van der Waals surface area contributed by atoms with Gasteiger partial charge in [-0.25, -0.2) is 0 Å². The van der Waals surface area contributed by atoms with Gasteiger partial charge in [-0.15, -0.1) is 0 Å². The Morgan fingerprint density at radius 2 is 1.94 bits per heavy atom. The monoisotopic (exact) mass is 526 g/mol. The lowest BCUT2D eigenvalue weighted by atomic mass is 9.92. The predicted octanol–water partition coefficient (Wildman–Crippen LogP) is 3.87. The van der Waals surface area contributed by atoms with Crippen LogP contribution in [0, 0.1) is 0 Å². The van der Waals surface area contributed by atoms with E-state index in [1.165, 1.54) is 28.7 Å². The number of carbonyl (C=O) groups is 3. The summed E-state index contributed by atoms with van der Waals surface area (Å²) in [6, 6.07) is 11.9. The summed E-state index contributed by atoms with van der Waals surface area (Å²) in [7, 11) is 1.28. The van der Waals surface area contributed by atoms with Crippen molar-refractivity contribution in [2.24, 2.45) is 0 Å². The quantitative estimate of drug-likeness (QED) is 0.352. The standard InChI is InChI=1S/C26H27ClN4O4S/c1-35-23(33)7-6-21(32)24-18-14-16(19(27)15-20(18)28-26(24)34)8-9-30-10-12-31(13-11-30)25-17-4-2-3-5-22(17)36-29-25/h2-5,14-15,24H,6-13H2,1H3,(H,28,34). The Kier molecular flexibility index (Phi) is 7.22. The number of piperazine rings is 1. The molecule has 0 spiro atoms. The van der Waals surface area contributed by atoms with Crippen LogP contribution in [-0.4, -0.2) is 66.8 Å². The zero-order valence-electron chi connectivity index (χ0n) is 20.0. The van der Waals surface area contributed by atoms with E-state index in [-0.39, 0.29) is 24.5 Å². The van der Waals surface area contributed by atoms with Gasteiger partial charge in [0.1, 0.15) is 17.5 Å². The Labute approximate surface area is 218 Å². The molecular weight excluding hydrogens is 500 g/mol. The maximum Gasteiger partial charge on any atom is 0.305 e. The van der Waals surface area contributed by atoms with Crippen LogP contribution in [0.2, 0.25) is 5.02 Å². The summed E-state index contributed by atoms with van der Waals surface area (Å²) in [5, 5.41) is 4.53. The number of amides is 1. The van der Waals surface area contributed by atoms with Crippen LogP contribution >= 0.6 is 23.1 Å². The first-order valence-electron chi connectivity index (χ1n) is 12.0. The first kappa shape index (κ1) is 24.7. The number of halogens is 1. The van der Waals surface area contributed by atoms with E-state index in [1.54, 1.807) is 6.07 Å². The third-order valence-electron chi connectivity index (χ3n) is 6.90. The van der Waals surface area contributed by atoms with Crippen LogP contribution in [0.5, 0.6) is 0 Å². The van der Waals surface area contributed by atoms with Crippen molar-refractivity contribution in [3.63, 3.8) is 0 Å². The molecule has 1 fully saturated rings. The number of methoxy groups -OCH3 is 1. The molecule has 0 aliphatic carbocycles. The molecule has 1 amide bonds. The smallest absolute Gasteiger partial charge is 0.305 e. The molecule has 2 aromatic carbocycles. The Bertz CT molecular complexity index is 1320. The molecule has 1 saturated heterocycles. The second-order valence-electron chi connectivity index (χ2n) is 9.08. The molecule has 2 aliphatic rings. The molecule has 1 aromatic heterocycles. The van der Waals surface area contributed by atoms with Gasteiger partial charge in [0.25, 0.3) is 0 Å². The summed E-state index contributed by atoms with van der Waals surface area (Å²) in [5.41, 5.74) is 2.11. The second kappa shape index (κ2) is 10.5. The van der Waals surface area contributed by atoms with Crippen LogP contribution in [0.15, 0.2) is 36.4 Å². The normalized spacial score (nSPS) is 17.8. The van der Waals surface area contributed by atoms with Crippen LogP contribution in [0.3, 0.4) is 0 Å². The lowest BCUT2D eigenvalue weighted by Gasteiger charge is -2.35.